The third-order valence-corrected chi connectivity index (χ3v) is 3.56. The fraction of sp³-hybridized carbons (Fsp3) is 0.615. The molecular formula is C13H17ClN4O. The average Bonchev–Trinajstić information content (AvgIpc) is 2.42. The van der Waals surface area contributed by atoms with Gasteiger partial charge in [0.2, 0.25) is 5.95 Å². The molecule has 0 unspecified atom stereocenters. The number of aromatic nitrogens is 2. The van der Waals surface area contributed by atoms with Gasteiger partial charge in [-0.3, -0.25) is 0 Å². The fourth-order valence-electron chi connectivity index (χ4n) is 2.30. The molecule has 1 aliphatic rings. The minimum atomic E-state index is 0.197. The van der Waals surface area contributed by atoms with Gasteiger partial charge in [0.1, 0.15) is 11.6 Å². The zero-order valence-corrected chi connectivity index (χ0v) is 11.7. The first-order valence-electron chi connectivity index (χ1n) is 6.53. The molecule has 1 fully saturated rings. The van der Waals surface area contributed by atoms with Crippen LogP contribution in [-0.2, 0) is 4.74 Å². The molecule has 1 N–H and O–H groups in total. The molecule has 0 radical (unpaired) electrons. The summed E-state index contributed by atoms with van der Waals surface area (Å²) in [5.74, 6) is 0.490. The first kappa shape index (κ1) is 14.0. The van der Waals surface area contributed by atoms with Crippen LogP contribution in [-0.4, -0.2) is 28.7 Å². The Bertz CT molecular complexity index is 466. The van der Waals surface area contributed by atoms with Crippen LogP contribution in [0.15, 0.2) is 6.20 Å². The molecular weight excluding hydrogens is 264 g/mol. The van der Waals surface area contributed by atoms with Crippen molar-refractivity contribution < 1.29 is 4.74 Å². The van der Waals surface area contributed by atoms with E-state index in [1.807, 2.05) is 13.0 Å². The highest BCUT2D eigenvalue weighted by molar-refractivity contribution is 6.30. The van der Waals surface area contributed by atoms with Gasteiger partial charge in [0.15, 0.2) is 5.15 Å². The Labute approximate surface area is 118 Å². The van der Waals surface area contributed by atoms with Crippen LogP contribution >= 0.6 is 11.6 Å². The maximum absolute atomic E-state index is 8.76. The number of anilines is 1. The van der Waals surface area contributed by atoms with Gasteiger partial charge in [0.25, 0.3) is 0 Å². The molecule has 1 aliphatic carbocycles. The van der Waals surface area contributed by atoms with E-state index in [9.17, 15) is 0 Å². The normalized spacial score (nSPS) is 22.8. The van der Waals surface area contributed by atoms with Crippen molar-refractivity contribution in [3.05, 3.63) is 16.9 Å². The molecule has 0 aromatic carbocycles. The van der Waals surface area contributed by atoms with Gasteiger partial charge >= 0.3 is 0 Å². The van der Waals surface area contributed by atoms with E-state index in [0.29, 0.717) is 23.7 Å². The van der Waals surface area contributed by atoms with E-state index in [0.717, 1.165) is 32.3 Å². The van der Waals surface area contributed by atoms with Crippen molar-refractivity contribution in [2.24, 2.45) is 0 Å². The molecule has 1 heterocycles. The van der Waals surface area contributed by atoms with E-state index in [1.165, 1.54) is 6.20 Å². The van der Waals surface area contributed by atoms with Gasteiger partial charge in [-0.05, 0) is 32.6 Å². The third kappa shape index (κ3) is 3.79. The summed E-state index contributed by atoms with van der Waals surface area (Å²) in [7, 11) is 0. The predicted octanol–water partition coefficient (Wildman–Crippen LogP) is 2.76. The zero-order valence-electron chi connectivity index (χ0n) is 10.9. The SMILES string of the molecule is CCOC1CCC(Nc2ncc(C#N)c(Cl)n2)CC1. The van der Waals surface area contributed by atoms with Crippen LogP contribution in [0.5, 0.6) is 0 Å². The predicted molar refractivity (Wildman–Crippen MR) is 73.0 cm³/mol. The van der Waals surface area contributed by atoms with E-state index >= 15 is 0 Å². The van der Waals surface area contributed by atoms with Crippen LogP contribution in [0.25, 0.3) is 0 Å². The molecule has 1 aromatic rings. The van der Waals surface area contributed by atoms with Crippen LogP contribution < -0.4 is 5.32 Å². The molecule has 0 saturated heterocycles. The van der Waals surface area contributed by atoms with E-state index in [-0.39, 0.29) is 5.15 Å². The van der Waals surface area contributed by atoms with Gasteiger partial charge in [0.05, 0.1) is 12.3 Å². The third-order valence-electron chi connectivity index (χ3n) is 3.27. The summed E-state index contributed by atoms with van der Waals surface area (Å²) in [5, 5.41) is 12.2. The Balaban J connectivity index is 1.89. The molecule has 1 saturated carbocycles. The fourth-order valence-corrected chi connectivity index (χ4v) is 2.47. The number of hydrogen-bond donors (Lipinski definition) is 1. The van der Waals surface area contributed by atoms with Crippen molar-refractivity contribution in [3.63, 3.8) is 0 Å². The van der Waals surface area contributed by atoms with Crippen molar-refractivity contribution in [3.8, 4) is 6.07 Å². The Hall–Kier alpha value is -1.38. The zero-order chi connectivity index (χ0) is 13.7. The minimum absolute atomic E-state index is 0.197. The number of rotatable bonds is 4. The molecule has 6 heteroatoms. The van der Waals surface area contributed by atoms with Gasteiger partial charge in [-0.25, -0.2) is 4.98 Å². The van der Waals surface area contributed by atoms with E-state index < -0.39 is 0 Å². The number of nitriles is 1. The summed E-state index contributed by atoms with van der Waals surface area (Å²) in [4.78, 5) is 8.18. The molecule has 0 amide bonds. The lowest BCUT2D eigenvalue weighted by molar-refractivity contribution is 0.0346. The minimum Gasteiger partial charge on any atom is -0.379 e. The molecule has 0 atom stereocenters. The lowest BCUT2D eigenvalue weighted by atomic mass is 9.93. The largest absolute Gasteiger partial charge is 0.379 e. The van der Waals surface area contributed by atoms with Gasteiger partial charge in [-0.2, -0.15) is 10.2 Å². The molecule has 19 heavy (non-hydrogen) atoms. The average molecular weight is 281 g/mol. The smallest absolute Gasteiger partial charge is 0.224 e. The highest BCUT2D eigenvalue weighted by Gasteiger charge is 2.21. The summed E-state index contributed by atoms with van der Waals surface area (Å²) in [6.07, 6.45) is 6.00. The number of nitrogens with one attached hydrogen (secondary N) is 1. The second-order valence-corrected chi connectivity index (χ2v) is 4.94. The molecule has 2 rings (SSSR count). The molecule has 5 nitrogen and oxygen atoms in total. The highest BCUT2D eigenvalue weighted by atomic mass is 35.5. The summed E-state index contributed by atoms with van der Waals surface area (Å²) in [6.45, 7) is 2.80. The van der Waals surface area contributed by atoms with Gasteiger partial charge < -0.3 is 10.1 Å². The van der Waals surface area contributed by atoms with Crippen molar-refractivity contribution in [1.29, 1.82) is 5.26 Å². The van der Waals surface area contributed by atoms with Crippen LogP contribution in [0.2, 0.25) is 5.15 Å². The molecule has 0 bridgehead atoms. The Morgan fingerprint density at radius 3 is 2.79 bits per heavy atom. The lowest BCUT2D eigenvalue weighted by Gasteiger charge is -2.28. The standard InChI is InChI=1S/C13H17ClN4O/c1-2-19-11-5-3-10(4-6-11)17-13-16-8-9(7-15)12(14)18-13/h8,10-11H,2-6H2,1H3,(H,16,17,18). The molecule has 1 aromatic heterocycles. The number of hydrogen-bond acceptors (Lipinski definition) is 5. The molecule has 0 aliphatic heterocycles. The molecule has 0 spiro atoms. The van der Waals surface area contributed by atoms with Crippen LogP contribution in [0.3, 0.4) is 0 Å². The Morgan fingerprint density at radius 2 is 2.21 bits per heavy atom. The van der Waals surface area contributed by atoms with Gasteiger partial charge in [-0.15, -0.1) is 0 Å². The van der Waals surface area contributed by atoms with Gasteiger partial charge in [-0.1, -0.05) is 11.6 Å². The Morgan fingerprint density at radius 1 is 1.47 bits per heavy atom. The van der Waals surface area contributed by atoms with E-state index in [2.05, 4.69) is 15.3 Å². The van der Waals surface area contributed by atoms with Crippen LogP contribution in [0, 0.1) is 11.3 Å². The molecule has 102 valence electrons. The second-order valence-electron chi connectivity index (χ2n) is 4.58. The van der Waals surface area contributed by atoms with Gasteiger partial charge in [0, 0.05) is 12.6 Å². The maximum atomic E-state index is 8.76. The summed E-state index contributed by atoms with van der Waals surface area (Å²) < 4.78 is 5.61. The summed E-state index contributed by atoms with van der Waals surface area (Å²) >= 11 is 5.88. The van der Waals surface area contributed by atoms with Crippen molar-refractivity contribution in [2.45, 2.75) is 44.8 Å². The lowest BCUT2D eigenvalue weighted by Crippen LogP contribution is -2.30. The van der Waals surface area contributed by atoms with E-state index in [4.69, 9.17) is 21.6 Å². The highest BCUT2D eigenvalue weighted by Crippen LogP contribution is 2.23. The Kier molecular flexibility index (Phi) is 4.94. The number of ether oxygens (including phenoxy) is 1. The number of nitrogens with zero attached hydrogens (tertiary/aromatic N) is 3. The van der Waals surface area contributed by atoms with Crippen LogP contribution in [0.1, 0.15) is 38.2 Å². The van der Waals surface area contributed by atoms with Crippen molar-refractivity contribution in [2.75, 3.05) is 11.9 Å². The summed E-state index contributed by atoms with van der Waals surface area (Å²) in [6, 6.07) is 2.29. The maximum Gasteiger partial charge on any atom is 0.224 e. The van der Waals surface area contributed by atoms with Crippen molar-refractivity contribution in [1.82, 2.24) is 9.97 Å². The first-order valence-corrected chi connectivity index (χ1v) is 6.91. The topological polar surface area (TPSA) is 70.8 Å². The quantitative estimate of drug-likeness (QED) is 0.859. The number of halogens is 1. The van der Waals surface area contributed by atoms with E-state index in [1.54, 1.807) is 0 Å². The van der Waals surface area contributed by atoms with Crippen LogP contribution in [0.4, 0.5) is 5.95 Å². The second kappa shape index (κ2) is 6.69. The monoisotopic (exact) mass is 280 g/mol. The summed E-state index contributed by atoms with van der Waals surface area (Å²) in [5.41, 5.74) is 0.298. The van der Waals surface area contributed by atoms with Crippen molar-refractivity contribution >= 4 is 17.5 Å². The first-order chi connectivity index (χ1) is 9.22.